The summed E-state index contributed by atoms with van der Waals surface area (Å²) in [4.78, 5) is 4.30. The summed E-state index contributed by atoms with van der Waals surface area (Å²) in [6, 6.07) is 1.58. The first-order valence-corrected chi connectivity index (χ1v) is 9.04. The first-order chi connectivity index (χ1) is 12.7. The first-order valence-electron chi connectivity index (χ1n) is 9.04. The van der Waals surface area contributed by atoms with E-state index >= 15 is 0 Å². The second kappa shape index (κ2) is 7.53. The van der Waals surface area contributed by atoms with Crippen molar-refractivity contribution in [3.8, 4) is 5.75 Å². The van der Waals surface area contributed by atoms with Crippen LogP contribution in [-0.2, 0) is 12.6 Å². The van der Waals surface area contributed by atoms with Crippen LogP contribution in [-0.4, -0.2) is 37.2 Å². The van der Waals surface area contributed by atoms with Crippen LogP contribution in [0.3, 0.4) is 0 Å². The van der Waals surface area contributed by atoms with Gasteiger partial charge in [0.25, 0.3) is 0 Å². The molecule has 2 aliphatic heterocycles. The fraction of sp³-hybridized carbons (Fsp3) is 0.611. The maximum Gasteiger partial charge on any atom is 0.420 e. The fourth-order valence-corrected chi connectivity index (χ4v) is 3.40. The van der Waals surface area contributed by atoms with E-state index in [2.05, 4.69) is 15.6 Å². The van der Waals surface area contributed by atoms with E-state index in [1.54, 1.807) is 6.92 Å². The van der Waals surface area contributed by atoms with Crippen LogP contribution in [0.2, 0.25) is 0 Å². The van der Waals surface area contributed by atoms with E-state index in [4.69, 9.17) is 10.5 Å². The summed E-state index contributed by atoms with van der Waals surface area (Å²) in [7, 11) is 0. The summed E-state index contributed by atoms with van der Waals surface area (Å²) in [5.74, 6) is -0.506. The molecule has 0 bridgehead atoms. The summed E-state index contributed by atoms with van der Waals surface area (Å²) >= 11 is 0. The molecule has 0 fully saturated rings. The number of nitrogens with zero attached hydrogens (tertiary/aromatic N) is 1. The van der Waals surface area contributed by atoms with Gasteiger partial charge in [0.05, 0.1) is 5.54 Å². The predicted molar refractivity (Wildman–Crippen MR) is 94.3 cm³/mol. The Bertz CT molecular complexity index is 718. The Morgan fingerprint density at radius 1 is 1.37 bits per heavy atom. The SMILES string of the molecule is CC(N)(CCNC1=NCCCN1)C1CCc2cc(F)cc(C(F)(F)F)c2O1. The van der Waals surface area contributed by atoms with Gasteiger partial charge in [-0.2, -0.15) is 13.2 Å². The van der Waals surface area contributed by atoms with Crippen molar-refractivity contribution in [1.29, 1.82) is 0 Å². The number of nitrogens with one attached hydrogen (secondary N) is 2. The molecule has 1 aromatic carbocycles. The summed E-state index contributed by atoms with van der Waals surface area (Å²) in [5.41, 5.74) is 4.67. The highest BCUT2D eigenvalue weighted by molar-refractivity contribution is 5.80. The molecule has 150 valence electrons. The molecule has 0 saturated heterocycles. The second-order valence-electron chi connectivity index (χ2n) is 7.28. The number of alkyl halides is 3. The molecule has 3 rings (SSSR count). The van der Waals surface area contributed by atoms with Crippen molar-refractivity contribution in [3.05, 3.63) is 29.1 Å². The van der Waals surface area contributed by atoms with Crippen LogP contribution in [0.15, 0.2) is 17.1 Å². The molecule has 0 radical (unpaired) electrons. The number of fused-ring (bicyclic) bond motifs is 1. The lowest BCUT2D eigenvalue weighted by Gasteiger charge is -2.38. The molecule has 0 aromatic heterocycles. The molecule has 0 amide bonds. The minimum absolute atomic E-state index is 0.230. The van der Waals surface area contributed by atoms with Gasteiger partial charge in [0, 0.05) is 19.6 Å². The van der Waals surface area contributed by atoms with E-state index in [0.717, 1.165) is 25.6 Å². The lowest BCUT2D eigenvalue weighted by atomic mass is 9.85. The zero-order valence-corrected chi connectivity index (χ0v) is 15.1. The highest BCUT2D eigenvalue weighted by atomic mass is 19.4. The van der Waals surface area contributed by atoms with Crippen molar-refractivity contribution in [2.75, 3.05) is 19.6 Å². The van der Waals surface area contributed by atoms with Crippen LogP contribution in [0.5, 0.6) is 5.75 Å². The Kier molecular flexibility index (Phi) is 5.50. The second-order valence-corrected chi connectivity index (χ2v) is 7.28. The summed E-state index contributed by atoms with van der Waals surface area (Å²) in [6.07, 6.45) is -3.10. The first kappa shape index (κ1) is 19.7. The lowest BCUT2D eigenvalue weighted by molar-refractivity contribution is -0.140. The van der Waals surface area contributed by atoms with Gasteiger partial charge >= 0.3 is 6.18 Å². The molecule has 2 atom stereocenters. The van der Waals surface area contributed by atoms with Gasteiger partial charge in [-0.05, 0) is 50.3 Å². The average molecular weight is 388 g/mol. The van der Waals surface area contributed by atoms with Crippen molar-refractivity contribution in [1.82, 2.24) is 10.6 Å². The van der Waals surface area contributed by atoms with Gasteiger partial charge in [0.2, 0.25) is 0 Å². The van der Waals surface area contributed by atoms with Gasteiger partial charge in [0.1, 0.15) is 23.2 Å². The quantitative estimate of drug-likeness (QED) is 0.694. The van der Waals surface area contributed by atoms with Gasteiger partial charge in [-0.25, -0.2) is 4.39 Å². The van der Waals surface area contributed by atoms with Gasteiger partial charge in [-0.15, -0.1) is 0 Å². The van der Waals surface area contributed by atoms with Crippen LogP contribution in [0.25, 0.3) is 0 Å². The Balaban J connectivity index is 1.69. The number of halogens is 4. The molecule has 2 aliphatic rings. The number of aliphatic imine (C=N–C) groups is 1. The molecular formula is C18H24F4N4O. The van der Waals surface area contributed by atoms with E-state index in [-0.39, 0.29) is 17.7 Å². The van der Waals surface area contributed by atoms with E-state index in [1.165, 1.54) is 0 Å². The molecule has 9 heteroatoms. The Labute approximate surface area is 155 Å². The average Bonchev–Trinajstić information content (AvgIpc) is 2.60. The molecule has 2 unspecified atom stereocenters. The van der Waals surface area contributed by atoms with E-state index < -0.39 is 29.2 Å². The molecule has 1 aromatic rings. The third-order valence-corrected chi connectivity index (χ3v) is 4.96. The van der Waals surface area contributed by atoms with Crippen molar-refractivity contribution in [2.24, 2.45) is 10.7 Å². The predicted octanol–water partition coefficient (Wildman–Crippen LogP) is 2.58. The van der Waals surface area contributed by atoms with Gasteiger partial charge in [-0.3, -0.25) is 4.99 Å². The summed E-state index contributed by atoms with van der Waals surface area (Å²) in [5, 5.41) is 6.29. The third-order valence-electron chi connectivity index (χ3n) is 4.96. The number of ether oxygens (including phenoxy) is 1. The van der Waals surface area contributed by atoms with Crippen molar-refractivity contribution in [3.63, 3.8) is 0 Å². The zero-order valence-electron chi connectivity index (χ0n) is 15.1. The maximum absolute atomic E-state index is 13.6. The number of aryl methyl sites for hydroxylation is 1. The van der Waals surface area contributed by atoms with Crippen LogP contribution in [0.4, 0.5) is 17.6 Å². The Morgan fingerprint density at radius 3 is 2.81 bits per heavy atom. The summed E-state index contributed by atoms with van der Waals surface area (Å²) < 4.78 is 59.1. The Morgan fingerprint density at radius 2 is 2.15 bits per heavy atom. The van der Waals surface area contributed by atoms with Crippen LogP contribution < -0.4 is 21.1 Å². The van der Waals surface area contributed by atoms with Crippen molar-refractivity contribution >= 4 is 5.96 Å². The normalized spacial score (nSPS) is 22.0. The number of guanidine groups is 1. The molecule has 5 nitrogen and oxygen atoms in total. The van der Waals surface area contributed by atoms with Crippen LogP contribution >= 0.6 is 0 Å². The number of hydrogen-bond acceptors (Lipinski definition) is 5. The van der Waals surface area contributed by atoms with Gasteiger partial charge < -0.3 is 21.1 Å². The highest BCUT2D eigenvalue weighted by Crippen LogP contribution is 2.43. The Hall–Kier alpha value is -2.03. The van der Waals surface area contributed by atoms with Gasteiger partial charge in [0.15, 0.2) is 5.96 Å². The lowest BCUT2D eigenvalue weighted by Crippen LogP contribution is -2.54. The van der Waals surface area contributed by atoms with Crippen LogP contribution in [0.1, 0.15) is 37.3 Å². The van der Waals surface area contributed by atoms with E-state index in [0.29, 0.717) is 31.4 Å². The molecular weight excluding hydrogens is 364 g/mol. The molecule has 27 heavy (non-hydrogen) atoms. The van der Waals surface area contributed by atoms with Crippen molar-refractivity contribution < 1.29 is 22.3 Å². The third kappa shape index (κ3) is 4.63. The van der Waals surface area contributed by atoms with Crippen molar-refractivity contribution in [2.45, 2.75) is 50.4 Å². The zero-order chi connectivity index (χ0) is 19.7. The standard InChI is InChI=1S/C18H24F4N4O/c1-17(23,5-8-26-16-24-6-2-7-25-16)14-4-3-11-9-12(19)10-13(15(11)27-14)18(20,21)22/h9-10,14H,2-8,23H2,1H3,(H2,24,25,26). The number of nitrogens with two attached hydrogens (primary N) is 1. The molecule has 4 N–H and O–H groups in total. The number of rotatable bonds is 4. The molecule has 0 aliphatic carbocycles. The van der Waals surface area contributed by atoms with E-state index in [1.807, 2.05) is 0 Å². The highest BCUT2D eigenvalue weighted by Gasteiger charge is 2.41. The molecule has 2 heterocycles. The van der Waals surface area contributed by atoms with E-state index in [9.17, 15) is 17.6 Å². The molecule has 0 saturated carbocycles. The van der Waals surface area contributed by atoms with Crippen LogP contribution in [0, 0.1) is 5.82 Å². The minimum Gasteiger partial charge on any atom is -0.488 e. The number of benzene rings is 1. The molecule has 0 spiro atoms. The summed E-state index contributed by atoms with van der Waals surface area (Å²) in [6.45, 7) is 3.89. The monoisotopic (exact) mass is 388 g/mol. The largest absolute Gasteiger partial charge is 0.488 e. The van der Waals surface area contributed by atoms with Gasteiger partial charge in [-0.1, -0.05) is 0 Å². The maximum atomic E-state index is 13.6. The minimum atomic E-state index is -4.69. The topological polar surface area (TPSA) is 71.7 Å². The fourth-order valence-electron chi connectivity index (χ4n) is 3.40. The smallest absolute Gasteiger partial charge is 0.420 e. The number of hydrogen-bond donors (Lipinski definition) is 3.